The number of rotatable bonds is 5. The summed E-state index contributed by atoms with van der Waals surface area (Å²) in [5, 5.41) is 2.65. The number of benzene rings is 1. The van der Waals surface area contributed by atoms with Gasteiger partial charge in [-0.15, -0.1) is 0 Å². The van der Waals surface area contributed by atoms with E-state index in [1.54, 1.807) is 6.92 Å². The Bertz CT molecular complexity index is 389. The Hall–Kier alpha value is -1.33. The minimum atomic E-state index is -4.18. The lowest BCUT2D eigenvalue weighted by atomic mass is 10.1. The molecule has 0 aromatic heterocycles. The average molecular weight is 267 g/mol. The van der Waals surface area contributed by atoms with Gasteiger partial charge in [-0.3, -0.25) is 0 Å². The molecule has 0 heterocycles. The molecule has 0 saturated heterocycles. The van der Waals surface area contributed by atoms with Crippen LogP contribution in [0.15, 0.2) is 18.2 Å². The largest absolute Gasteiger partial charge is 0.389 e. The molecule has 6 heteroatoms. The second-order valence-electron chi connectivity index (χ2n) is 4.15. The van der Waals surface area contributed by atoms with Crippen molar-refractivity contribution in [1.82, 2.24) is 0 Å². The minimum absolute atomic E-state index is 0.0329. The van der Waals surface area contributed by atoms with Crippen molar-refractivity contribution in [3.63, 3.8) is 0 Å². The van der Waals surface area contributed by atoms with E-state index in [9.17, 15) is 22.0 Å². The monoisotopic (exact) mass is 267 g/mol. The highest BCUT2D eigenvalue weighted by Gasteiger charge is 2.26. The third-order valence-electron chi connectivity index (χ3n) is 2.45. The number of halogens is 5. The number of anilines is 1. The molecule has 102 valence electrons. The van der Waals surface area contributed by atoms with E-state index in [0.717, 1.165) is 6.07 Å². The van der Waals surface area contributed by atoms with Gasteiger partial charge >= 0.3 is 6.18 Å². The number of hydrogen-bond donors (Lipinski definition) is 1. The molecule has 0 fully saturated rings. The molecule has 18 heavy (non-hydrogen) atoms. The second kappa shape index (κ2) is 6.02. The molecule has 1 atom stereocenters. The van der Waals surface area contributed by atoms with E-state index in [-0.39, 0.29) is 24.6 Å². The molecule has 1 aromatic carbocycles. The molecule has 1 rings (SSSR count). The lowest BCUT2D eigenvalue weighted by Gasteiger charge is -2.16. The van der Waals surface area contributed by atoms with E-state index in [1.807, 2.05) is 0 Å². The van der Waals surface area contributed by atoms with Crippen LogP contribution in [0.25, 0.3) is 0 Å². The fourth-order valence-corrected chi connectivity index (χ4v) is 1.56. The van der Waals surface area contributed by atoms with Gasteiger partial charge in [0.1, 0.15) is 0 Å². The maximum Gasteiger partial charge on any atom is 0.389 e. The molecule has 0 spiro atoms. The summed E-state index contributed by atoms with van der Waals surface area (Å²) in [5.74, 6) is -2.00. The standard InChI is InChI=1S/C12H14F5N/c1-8(4-3-7-12(15,16)17)18-10-6-2-5-9(13)11(10)14/h2,5-6,8,18H,3-4,7H2,1H3. The highest BCUT2D eigenvalue weighted by molar-refractivity contribution is 5.45. The summed E-state index contributed by atoms with van der Waals surface area (Å²) >= 11 is 0. The SMILES string of the molecule is CC(CCCC(F)(F)F)Nc1cccc(F)c1F. The van der Waals surface area contributed by atoms with Gasteiger partial charge in [0.15, 0.2) is 11.6 Å². The van der Waals surface area contributed by atoms with Crippen LogP contribution < -0.4 is 5.32 Å². The quantitative estimate of drug-likeness (QED) is 0.774. The van der Waals surface area contributed by atoms with Gasteiger partial charge < -0.3 is 5.32 Å². The Labute approximate surface area is 102 Å². The van der Waals surface area contributed by atoms with Crippen molar-refractivity contribution in [2.45, 2.75) is 38.4 Å². The van der Waals surface area contributed by atoms with Crippen LogP contribution in [0.5, 0.6) is 0 Å². The topological polar surface area (TPSA) is 12.0 Å². The van der Waals surface area contributed by atoms with Gasteiger partial charge in [0.05, 0.1) is 5.69 Å². The molecule has 1 N–H and O–H groups in total. The fraction of sp³-hybridized carbons (Fsp3) is 0.500. The van der Waals surface area contributed by atoms with E-state index in [2.05, 4.69) is 5.32 Å². The maximum absolute atomic E-state index is 13.3. The molecule has 0 aliphatic carbocycles. The van der Waals surface area contributed by atoms with Crippen LogP contribution in [0.1, 0.15) is 26.2 Å². The molecule has 0 saturated carbocycles. The van der Waals surface area contributed by atoms with E-state index in [1.165, 1.54) is 12.1 Å². The zero-order valence-corrected chi connectivity index (χ0v) is 9.82. The first kappa shape index (κ1) is 14.7. The molecule has 0 amide bonds. The van der Waals surface area contributed by atoms with E-state index in [4.69, 9.17) is 0 Å². The van der Waals surface area contributed by atoms with Crippen LogP contribution in [0, 0.1) is 11.6 Å². The number of hydrogen-bond acceptors (Lipinski definition) is 1. The Balaban J connectivity index is 2.45. The van der Waals surface area contributed by atoms with Gasteiger partial charge in [-0.25, -0.2) is 8.78 Å². The van der Waals surface area contributed by atoms with Crippen LogP contribution in [0.2, 0.25) is 0 Å². The number of nitrogens with one attached hydrogen (secondary N) is 1. The van der Waals surface area contributed by atoms with Crippen LogP contribution in [-0.4, -0.2) is 12.2 Å². The van der Waals surface area contributed by atoms with Crippen molar-refractivity contribution in [1.29, 1.82) is 0 Å². The van der Waals surface area contributed by atoms with Gasteiger partial charge in [-0.2, -0.15) is 13.2 Å². The van der Waals surface area contributed by atoms with E-state index in [0.29, 0.717) is 0 Å². The summed E-state index contributed by atoms with van der Waals surface area (Å²) in [4.78, 5) is 0. The molecule has 1 unspecified atom stereocenters. The summed E-state index contributed by atoms with van der Waals surface area (Å²) in [6.07, 6.45) is -4.86. The molecule has 0 bridgehead atoms. The van der Waals surface area contributed by atoms with Crippen LogP contribution >= 0.6 is 0 Å². The molecule has 0 radical (unpaired) electrons. The first-order valence-electron chi connectivity index (χ1n) is 5.57. The summed E-state index contributed by atoms with van der Waals surface area (Å²) in [6, 6.07) is 3.31. The van der Waals surface area contributed by atoms with Crippen molar-refractivity contribution in [3.8, 4) is 0 Å². The van der Waals surface area contributed by atoms with E-state index < -0.39 is 24.2 Å². The van der Waals surface area contributed by atoms with Crippen molar-refractivity contribution in [2.75, 3.05) is 5.32 Å². The third kappa shape index (κ3) is 4.89. The van der Waals surface area contributed by atoms with Crippen LogP contribution in [0.3, 0.4) is 0 Å². The number of alkyl halides is 3. The second-order valence-corrected chi connectivity index (χ2v) is 4.15. The van der Waals surface area contributed by atoms with Gasteiger partial charge in [-0.1, -0.05) is 6.07 Å². The summed E-state index contributed by atoms with van der Waals surface area (Å²) in [6.45, 7) is 1.63. The normalized spacial score (nSPS) is 13.4. The highest BCUT2D eigenvalue weighted by Crippen LogP contribution is 2.24. The predicted octanol–water partition coefficient (Wildman–Crippen LogP) is 4.50. The fourth-order valence-electron chi connectivity index (χ4n) is 1.56. The Kier molecular flexibility index (Phi) is 4.93. The zero-order valence-electron chi connectivity index (χ0n) is 9.82. The van der Waals surface area contributed by atoms with Gasteiger partial charge in [-0.05, 0) is 31.9 Å². The minimum Gasteiger partial charge on any atom is -0.380 e. The summed E-state index contributed by atoms with van der Waals surface area (Å²) < 4.78 is 61.9. The lowest BCUT2D eigenvalue weighted by molar-refractivity contribution is -0.135. The van der Waals surface area contributed by atoms with Crippen molar-refractivity contribution >= 4 is 5.69 Å². The van der Waals surface area contributed by atoms with Crippen molar-refractivity contribution in [2.24, 2.45) is 0 Å². The lowest BCUT2D eigenvalue weighted by Crippen LogP contribution is -2.17. The highest BCUT2D eigenvalue weighted by atomic mass is 19.4. The third-order valence-corrected chi connectivity index (χ3v) is 2.45. The molecular formula is C12H14F5N. The molecule has 0 aliphatic heterocycles. The smallest absolute Gasteiger partial charge is 0.380 e. The molecular weight excluding hydrogens is 253 g/mol. The van der Waals surface area contributed by atoms with Crippen LogP contribution in [-0.2, 0) is 0 Å². The Morgan fingerprint density at radius 3 is 2.50 bits per heavy atom. The average Bonchev–Trinajstić information content (AvgIpc) is 2.23. The summed E-state index contributed by atoms with van der Waals surface area (Å²) in [5.41, 5.74) is -0.0329. The Morgan fingerprint density at radius 1 is 1.22 bits per heavy atom. The maximum atomic E-state index is 13.3. The van der Waals surface area contributed by atoms with Crippen LogP contribution in [0.4, 0.5) is 27.6 Å². The van der Waals surface area contributed by atoms with Crippen molar-refractivity contribution < 1.29 is 22.0 Å². The van der Waals surface area contributed by atoms with E-state index >= 15 is 0 Å². The van der Waals surface area contributed by atoms with Crippen molar-refractivity contribution in [3.05, 3.63) is 29.8 Å². The van der Waals surface area contributed by atoms with Gasteiger partial charge in [0.2, 0.25) is 0 Å². The first-order chi connectivity index (χ1) is 8.29. The molecule has 1 aromatic rings. The predicted molar refractivity (Wildman–Crippen MR) is 59.3 cm³/mol. The van der Waals surface area contributed by atoms with Gasteiger partial charge in [0.25, 0.3) is 0 Å². The summed E-state index contributed by atoms with van der Waals surface area (Å²) in [7, 11) is 0. The van der Waals surface area contributed by atoms with Gasteiger partial charge in [0, 0.05) is 12.5 Å². The molecule has 0 aliphatic rings. The Morgan fingerprint density at radius 2 is 1.89 bits per heavy atom. The molecule has 1 nitrogen and oxygen atoms in total. The zero-order chi connectivity index (χ0) is 13.8. The first-order valence-corrected chi connectivity index (χ1v) is 5.57.